The van der Waals surface area contributed by atoms with Crippen LogP contribution in [0.2, 0.25) is 0 Å². The second-order valence-corrected chi connectivity index (χ2v) is 7.84. The maximum Gasteiger partial charge on any atom is 0.0457 e. The summed E-state index contributed by atoms with van der Waals surface area (Å²) in [6, 6.07) is 6.82. The van der Waals surface area contributed by atoms with Crippen molar-refractivity contribution in [3.8, 4) is 0 Å². The minimum Gasteiger partial charge on any atom is -0.361 e. The quantitative estimate of drug-likeness (QED) is 0.683. The van der Waals surface area contributed by atoms with E-state index in [1.54, 1.807) is 0 Å². The Hall–Kier alpha value is -1.24. The lowest BCUT2D eigenvalue weighted by Gasteiger charge is -2.27. The first-order chi connectivity index (χ1) is 8.60. The molecule has 1 unspecified atom stereocenters. The van der Waals surface area contributed by atoms with Crippen molar-refractivity contribution < 1.29 is 0 Å². The Morgan fingerprint density at radius 1 is 1.00 bits per heavy atom. The van der Waals surface area contributed by atoms with Crippen LogP contribution >= 0.6 is 0 Å². The van der Waals surface area contributed by atoms with E-state index in [1.807, 2.05) is 0 Å². The molecule has 2 rings (SSSR count). The van der Waals surface area contributed by atoms with Gasteiger partial charge in [0.15, 0.2) is 0 Å². The molecule has 1 atom stereocenters. The summed E-state index contributed by atoms with van der Waals surface area (Å²) in [6.07, 6.45) is 2.19. The first-order valence-corrected chi connectivity index (χ1v) is 7.22. The summed E-state index contributed by atoms with van der Waals surface area (Å²) < 4.78 is 0. The minimum atomic E-state index is 0.202. The van der Waals surface area contributed by atoms with Gasteiger partial charge in [0.2, 0.25) is 0 Å². The molecule has 0 aliphatic heterocycles. The molecule has 0 bridgehead atoms. The fourth-order valence-electron chi connectivity index (χ4n) is 2.43. The predicted octanol–water partition coefficient (Wildman–Crippen LogP) is 5.62. The molecule has 0 saturated heterocycles. The van der Waals surface area contributed by atoms with Crippen LogP contribution < -0.4 is 0 Å². The molecule has 19 heavy (non-hydrogen) atoms. The molecule has 1 heterocycles. The zero-order valence-corrected chi connectivity index (χ0v) is 13.4. The van der Waals surface area contributed by atoms with Crippen LogP contribution in [0.1, 0.15) is 65.5 Å². The summed E-state index contributed by atoms with van der Waals surface area (Å²) >= 11 is 0. The molecule has 1 nitrogen and oxygen atoms in total. The third kappa shape index (κ3) is 2.70. The van der Waals surface area contributed by atoms with Crippen LogP contribution in [-0.2, 0) is 5.41 Å². The molecule has 2 aromatic rings. The lowest BCUT2D eigenvalue weighted by Crippen LogP contribution is -2.15. The van der Waals surface area contributed by atoms with Crippen LogP contribution in [0, 0.1) is 5.41 Å². The van der Waals surface area contributed by atoms with Crippen molar-refractivity contribution in [3.63, 3.8) is 0 Å². The average molecular weight is 257 g/mol. The maximum atomic E-state index is 3.42. The normalized spacial score (nSPS) is 14.9. The Bertz CT molecular complexity index is 576. The largest absolute Gasteiger partial charge is 0.361 e. The Balaban J connectivity index is 2.58. The standard InChI is InChI=1S/C18H27N/c1-12(17(2,3)4)15-11-19-16-9-8-13(10-14(15)16)18(5,6)7/h8-12,19H,1-7H3. The number of aromatic amines is 1. The third-order valence-electron chi connectivity index (χ3n) is 4.35. The number of nitrogens with one attached hydrogen (secondary N) is 1. The van der Waals surface area contributed by atoms with E-state index in [9.17, 15) is 0 Å². The highest BCUT2D eigenvalue weighted by Gasteiger charge is 2.24. The van der Waals surface area contributed by atoms with Gasteiger partial charge >= 0.3 is 0 Å². The van der Waals surface area contributed by atoms with E-state index < -0.39 is 0 Å². The lowest BCUT2D eigenvalue weighted by molar-refractivity contribution is 0.341. The summed E-state index contributed by atoms with van der Waals surface area (Å²) in [7, 11) is 0. The fraction of sp³-hybridized carbons (Fsp3) is 0.556. The first-order valence-electron chi connectivity index (χ1n) is 7.22. The van der Waals surface area contributed by atoms with Gasteiger partial charge in [-0.2, -0.15) is 0 Å². The highest BCUT2D eigenvalue weighted by atomic mass is 14.7. The second-order valence-electron chi connectivity index (χ2n) is 7.84. The Morgan fingerprint density at radius 2 is 1.63 bits per heavy atom. The van der Waals surface area contributed by atoms with Crippen molar-refractivity contribution in [2.75, 3.05) is 0 Å². The highest BCUT2D eigenvalue weighted by molar-refractivity contribution is 5.84. The molecule has 1 aromatic carbocycles. The van der Waals surface area contributed by atoms with Gasteiger partial charge in [-0.15, -0.1) is 0 Å². The number of benzene rings is 1. The Morgan fingerprint density at radius 3 is 2.16 bits per heavy atom. The molecule has 0 radical (unpaired) electrons. The number of H-pyrrole nitrogens is 1. The summed E-state index contributed by atoms with van der Waals surface area (Å²) in [5, 5.41) is 1.38. The number of hydrogen-bond acceptors (Lipinski definition) is 0. The smallest absolute Gasteiger partial charge is 0.0457 e. The zero-order chi connectivity index (χ0) is 14.4. The molecule has 0 amide bonds. The first kappa shape index (κ1) is 14.2. The van der Waals surface area contributed by atoms with Gasteiger partial charge in [0.25, 0.3) is 0 Å². The monoisotopic (exact) mass is 257 g/mol. The van der Waals surface area contributed by atoms with Crippen LogP contribution in [0.15, 0.2) is 24.4 Å². The van der Waals surface area contributed by atoms with Gasteiger partial charge in [-0.3, -0.25) is 0 Å². The molecule has 0 aliphatic carbocycles. The van der Waals surface area contributed by atoms with Gasteiger partial charge in [0, 0.05) is 17.1 Å². The van der Waals surface area contributed by atoms with Crippen LogP contribution in [0.25, 0.3) is 10.9 Å². The molecule has 1 heteroatoms. The zero-order valence-electron chi connectivity index (χ0n) is 13.4. The summed E-state index contributed by atoms with van der Waals surface area (Å²) in [4.78, 5) is 3.42. The molecule has 1 aromatic heterocycles. The summed E-state index contributed by atoms with van der Waals surface area (Å²) in [5.41, 5.74) is 4.58. The summed E-state index contributed by atoms with van der Waals surface area (Å²) in [6.45, 7) is 16.1. The number of rotatable bonds is 1. The van der Waals surface area contributed by atoms with E-state index in [1.165, 1.54) is 22.0 Å². The highest BCUT2D eigenvalue weighted by Crippen LogP contribution is 2.38. The van der Waals surface area contributed by atoms with Crippen LogP contribution in [0.3, 0.4) is 0 Å². The van der Waals surface area contributed by atoms with Gasteiger partial charge in [-0.25, -0.2) is 0 Å². The molecule has 0 aliphatic rings. The van der Waals surface area contributed by atoms with Crippen molar-refractivity contribution in [2.45, 2.75) is 59.8 Å². The minimum absolute atomic E-state index is 0.202. The van der Waals surface area contributed by atoms with Gasteiger partial charge in [0.05, 0.1) is 0 Å². The lowest BCUT2D eigenvalue weighted by atomic mass is 9.77. The molecule has 104 valence electrons. The topological polar surface area (TPSA) is 15.8 Å². The van der Waals surface area contributed by atoms with Crippen LogP contribution in [0.5, 0.6) is 0 Å². The van der Waals surface area contributed by atoms with Crippen molar-refractivity contribution in [2.24, 2.45) is 5.41 Å². The van der Waals surface area contributed by atoms with Crippen molar-refractivity contribution in [1.82, 2.24) is 4.98 Å². The van der Waals surface area contributed by atoms with Crippen LogP contribution in [-0.4, -0.2) is 4.98 Å². The van der Waals surface area contributed by atoms with E-state index in [0.29, 0.717) is 5.92 Å². The second kappa shape index (κ2) is 4.40. The Kier molecular flexibility index (Phi) is 3.28. The molecular weight excluding hydrogens is 230 g/mol. The molecule has 0 spiro atoms. The SMILES string of the molecule is CC(c1c[nH]c2ccc(C(C)(C)C)cc12)C(C)(C)C. The molecule has 1 N–H and O–H groups in total. The third-order valence-corrected chi connectivity index (χ3v) is 4.35. The van der Waals surface area contributed by atoms with E-state index in [0.717, 1.165) is 0 Å². The van der Waals surface area contributed by atoms with E-state index in [2.05, 4.69) is 77.8 Å². The molecule has 0 saturated carbocycles. The Labute approximate surface area is 117 Å². The number of aromatic nitrogens is 1. The van der Waals surface area contributed by atoms with Crippen molar-refractivity contribution in [1.29, 1.82) is 0 Å². The van der Waals surface area contributed by atoms with Crippen LogP contribution in [0.4, 0.5) is 0 Å². The van der Waals surface area contributed by atoms with Gasteiger partial charge in [0.1, 0.15) is 0 Å². The summed E-state index contributed by atoms with van der Waals surface area (Å²) in [5.74, 6) is 0.538. The van der Waals surface area contributed by atoms with Gasteiger partial charge < -0.3 is 4.98 Å². The van der Waals surface area contributed by atoms with E-state index in [-0.39, 0.29) is 10.8 Å². The fourth-order valence-corrected chi connectivity index (χ4v) is 2.43. The predicted molar refractivity (Wildman–Crippen MR) is 84.9 cm³/mol. The van der Waals surface area contributed by atoms with Crippen molar-refractivity contribution >= 4 is 10.9 Å². The van der Waals surface area contributed by atoms with Gasteiger partial charge in [-0.05, 0) is 40.0 Å². The molecular formula is C18H27N. The van der Waals surface area contributed by atoms with E-state index in [4.69, 9.17) is 0 Å². The maximum absolute atomic E-state index is 3.42. The number of hydrogen-bond donors (Lipinski definition) is 1. The van der Waals surface area contributed by atoms with E-state index >= 15 is 0 Å². The van der Waals surface area contributed by atoms with Gasteiger partial charge in [-0.1, -0.05) is 54.5 Å². The molecule has 0 fully saturated rings. The number of fused-ring (bicyclic) bond motifs is 1. The van der Waals surface area contributed by atoms with Crippen molar-refractivity contribution in [3.05, 3.63) is 35.5 Å². The average Bonchev–Trinajstić information content (AvgIpc) is 2.67.